The van der Waals surface area contributed by atoms with Crippen LogP contribution in [0.25, 0.3) is 0 Å². The van der Waals surface area contributed by atoms with E-state index in [1.807, 2.05) is 0 Å². The molecule has 2 N–H and O–H groups in total. The molecule has 0 fully saturated rings. The summed E-state index contributed by atoms with van der Waals surface area (Å²) in [5.41, 5.74) is 1.19. The summed E-state index contributed by atoms with van der Waals surface area (Å²) in [6.07, 6.45) is 0.507. The maximum Gasteiger partial charge on any atom is 0.265 e. The van der Waals surface area contributed by atoms with E-state index in [4.69, 9.17) is 16.3 Å². The molecule has 0 aliphatic carbocycles. The van der Waals surface area contributed by atoms with Crippen molar-refractivity contribution >= 4 is 34.8 Å². The summed E-state index contributed by atoms with van der Waals surface area (Å²) in [6.45, 7) is 1.68. The largest absolute Gasteiger partial charge is 0.479 e. The lowest BCUT2D eigenvalue weighted by atomic mass is 10.2. The fourth-order valence-electron chi connectivity index (χ4n) is 1.74. The molecule has 1 heterocycles. The number of hydrogen-bond acceptors (Lipinski definition) is 3. The number of anilines is 2. The molecule has 1 aliphatic rings. The normalized spacial score (nSPS) is 17.2. The number of amides is 2. The number of nitrogens with one attached hydrogen (secondary N) is 2. The molecule has 0 radical (unpaired) electrons. The Bertz CT molecular complexity index is 505. The molecule has 6 heteroatoms. The molecule has 1 aliphatic heterocycles. The SMILES string of the molecule is CC1Oc2ccc(NC(=O)CCCCl)cc2NC1=O. The van der Waals surface area contributed by atoms with Crippen molar-refractivity contribution in [1.82, 2.24) is 0 Å². The Labute approximate surface area is 116 Å². The smallest absolute Gasteiger partial charge is 0.265 e. The van der Waals surface area contributed by atoms with E-state index in [-0.39, 0.29) is 11.8 Å². The topological polar surface area (TPSA) is 67.4 Å². The van der Waals surface area contributed by atoms with Gasteiger partial charge in [-0.3, -0.25) is 9.59 Å². The average Bonchev–Trinajstić information content (AvgIpc) is 2.38. The minimum atomic E-state index is -0.503. The molecule has 0 spiro atoms. The van der Waals surface area contributed by atoms with Gasteiger partial charge in [-0.25, -0.2) is 0 Å². The summed E-state index contributed by atoms with van der Waals surface area (Å²) in [7, 11) is 0. The monoisotopic (exact) mass is 282 g/mol. The average molecular weight is 283 g/mol. The predicted molar refractivity (Wildman–Crippen MR) is 73.7 cm³/mol. The van der Waals surface area contributed by atoms with Gasteiger partial charge in [-0.2, -0.15) is 0 Å². The Morgan fingerprint density at radius 3 is 3.05 bits per heavy atom. The molecule has 0 aromatic heterocycles. The minimum Gasteiger partial charge on any atom is -0.479 e. The number of halogens is 1. The molecule has 1 atom stereocenters. The summed E-state index contributed by atoms with van der Waals surface area (Å²) in [5.74, 6) is 0.764. The van der Waals surface area contributed by atoms with Gasteiger partial charge < -0.3 is 15.4 Å². The van der Waals surface area contributed by atoms with Crippen molar-refractivity contribution in [3.8, 4) is 5.75 Å². The van der Waals surface area contributed by atoms with Crippen LogP contribution in [0, 0.1) is 0 Å². The van der Waals surface area contributed by atoms with Crippen molar-refractivity contribution in [2.75, 3.05) is 16.5 Å². The molecule has 0 saturated carbocycles. The lowest BCUT2D eigenvalue weighted by Crippen LogP contribution is -2.34. The second-order valence-electron chi connectivity index (χ2n) is 4.30. The number of rotatable bonds is 4. The van der Waals surface area contributed by atoms with Crippen molar-refractivity contribution in [3.63, 3.8) is 0 Å². The van der Waals surface area contributed by atoms with E-state index in [9.17, 15) is 9.59 Å². The van der Waals surface area contributed by atoms with Crippen LogP contribution in [0.2, 0.25) is 0 Å². The number of benzene rings is 1. The van der Waals surface area contributed by atoms with Gasteiger partial charge >= 0.3 is 0 Å². The van der Waals surface area contributed by atoms with Crippen molar-refractivity contribution < 1.29 is 14.3 Å². The quantitative estimate of drug-likeness (QED) is 0.833. The zero-order chi connectivity index (χ0) is 13.8. The molecule has 5 nitrogen and oxygen atoms in total. The summed E-state index contributed by atoms with van der Waals surface area (Å²) in [6, 6.07) is 5.14. The number of alkyl halides is 1. The van der Waals surface area contributed by atoms with Gasteiger partial charge in [-0.1, -0.05) is 0 Å². The number of carbonyl (C=O) groups is 2. The van der Waals surface area contributed by atoms with E-state index in [0.29, 0.717) is 35.8 Å². The Morgan fingerprint density at radius 1 is 1.53 bits per heavy atom. The predicted octanol–water partition coefficient (Wildman–Crippen LogP) is 2.36. The third kappa shape index (κ3) is 3.38. The van der Waals surface area contributed by atoms with Crippen molar-refractivity contribution in [1.29, 1.82) is 0 Å². The highest BCUT2D eigenvalue weighted by atomic mass is 35.5. The van der Waals surface area contributed by atoms with Crippen LogP contribution in [-0.4, -0.2) is 23.8 Å². The van der Waals surface area contributed by atoms with Gasteiger partial charge in [0, 0.05) is 18.0 Å². The van der Waals surface area contributed by atoms with Gasteiger partial charge in [0.25, 0.3) is 5.91 Å². The van der Waals surface area contributed by atoms with E-state index in [1.54, 1.807) is 25.1 Å². The molecule has 0 saturated heterocycles. The Hall–Kier alpha value is -1.75. The van der Waals surface area contributed by atoms with E-state index < -0.39 is 6.10 Å². The lowest BCUT2D eigenvalue weighted by Gasteiger charge is -2.23. The van der Waals surface area contributed by atoms with Crippen LogP contribution in [0.3, 0.4) is 0 Å². The third-order valence-electron chi connectivity index (χ3n) is 2.73. The third-order valence-corrected chi connectivity index (χ3v) is 3.00. The first-order chi connectivity index (χ1) is 9.10. The van der Waals surface area contributed by atoms with Crippen molar-refractivity contribution in [2.45, 2.75) is 25.9 Å². The number of ether oxygens (including phenoxy) is 1. The Morgan fingerprint density at radius 2 is 2.32 bits per heavy atom. The van der Waals surface area contributed by atoms with Crippen LogP contribution < -0.4 is 15.4 Å². The molecule has 19 heavy (non-hydrogen) atoms. The maximum atomic E-state index is 11.6. The lowest BCUT2D eigenvalue weighted by molar-refractivity contribution is -0.122. The second-order valence-corrected chi connectivity index (χ2v) is 4.68. The van der Waals surface area contributed by atoms with Crippen LogP contribution in [-0.2, 0) is 9.59 Å². The first kappa shape index (κ1) is 13.7. The molecule has 102 valence electrons. The first-order valence-corrected chi connectivity index (χ1v) is 6.61. The highest BCUT2D eigenvalue weighted by Gasteiger charge is 2.23. The van der Waals surface area contributed by atoms with Crippen molar-refractivity contribution in [3.05, 3.63) is 18.2 Å². The molecule has 0 bridgehead atoms. The van der Waals surface area contributed by atoms with E-state index in [1.165, 1.54) is 0 Å². The summed E-state index contributed by atoms with van der Waals surface area (Å²) in [5, 5.41) is 5.48. The molecule has 1 aromatic carbocycles. The minimum absolute atomic E-state index is 0.1000. The van der Waals surface area contributed by atoms with Gasteiger partial charge in [0.05, 0.1) is 5.69 Å². The van der Waals surface area contributed by atoms with Crippen molar-refractivity contribution in [2.24, 2.45) is 0 Å². The maximum absolute atomic E-state index is 11.6. The summed E-state index contributed by atoms with van der Waals surface area (Å²) >= 11 is 5.53. The van der Waals surface area contributed by atoms with Crippen LogP contribution in [0.15, 0.2) is 18.2 Å². The number of carbonyl (C=O) groups excluding carboxylic acids is 2. The standard InChI is InChI=1S/C13H15ClN2O3/c1-8-13(18)16-10-7-9(4-5-11(10)19-8)15-12(17)3-2-6-14/h4-5,7-8H,2-3,6H2,1H3,(H,15,17)(H,16,18). The van der Waals surface area contributed by atoms with Gasteiger partial charge in [0.2, 0.25) is 5.91 Å². The van der Waals surface area contributed by atoms with E-state index in [0.717, 1.165) is 0 Å². The number of fused-ring (bicyclic) bond motifs is 1. The zero-order valence-electron chi connectivity index (χ0n) is 10.5. The molecule has 2 rings (SSSR count). The molecule has 1 aromatic rings. The molecular formula is C13H15ClN2O3. The van der Waals surface area contributed by atoms with Crippen LogP contribution in [0.5, 0.6) is 5.75 Å². The fraction of sp³-hybridized carbons (Fsp3) is 0.385. The van der Waals surface area contributed by atoms with Crippen LogP contribution in [0.4, 0.5) is 11.4 Å². The highest BCUT2D eigenvalue weighted by Crippen LogP contribution is 2.32. The molecular weight excluding hydrogens is 268 g/mol. The first-order valence-electron chi connectivity index (χ1n) is 6.07. The number of hydrogen-bond donors (Lipinski definition) is 2. The fourth-order valence-corrected chi connectivity index (χ4v) is 1.87. The van der Waals surface area contributed by atoms with E-state index in [2.05, 4.69) is 10.6 Å². The second kappa shape index (κ2) is 5.93. The van der Waals surface area contributed by atoms with Gasteiger partial charge in [-0.05, 0) is 31.5 Å². The highest BCUT2D eigenvalue weighted by molar-refractivity contribution is 6.18. The van der Waals surface area contributed by atoms with Gasteiger partial charge in [0.15, 0.2) is 6.10 Å². The molecule has 2 amide bonds. The van der Waals surface area contributed by atoms with Crippen LogP contribution >= 0.6 is 11.6 Å². The zero-order valence-corrected chi connectivity index (χ0v) is 11.3. The molecule has 1 unspecified atom stereocenters. The van der Waals surface area contributed by atoms with Gasteiger partial charge in [-0.15, -0.1) is 11.6 Å². The summed E-state index contributed by atoms with van der Waals surface area (Å²) in [4.78, 5) is 23.1. The van der Waals surface area contributed by atoms with E-state index >= 15 is 0 Å². The summed E-state index contributed by atoms with van der Waals surface area (Å²) < 4.78 is 5.43. The van der Waals surface area contributed by atoms with Gasteiger partial charge in [0.1, 0.15) is 5.75 Å². The Kier molecular flexibility index (Phi) is 4.27. The van der Waals surface area contributed by atoms with Crippen LogP contribution in [0.1, 0.15) is 19.8 Å². The Balaban J connectivity index is 2.07.